The Balaban J connectivity index is 2.45. The fraction of sp³-hybridized carbons (Fsp3) is 0.333. The molecule has 0 bridgehead atoms. The van der Waals surface area contributed by atoms with Crippen molar-refractivity contribution in [1.29, 1.82) is 0 Å². The number of halogens is 2. The summed E-state index contributed by atoms with van der Waals surface area (Å²) in [6, 6.07) is 13.4. The molecule has 0 aliphatic heterocycles. The molecule has 0 nitrogen and oxygen atoms in total. The topological polar surface area (TPSA) is 0 Å². The van der Waals surface area contributed by atoms with E-state index in [1.165, 1.54) is 32.3 Å². The fourth-order valence-corrected chi connectivity index (χ4v) is 3.38. The van der Waals surface area contributed by atoms with Crippen LogP contribution >= 0.6 is 31.9 Å². The van der Waals surface area contributed by atoms with E-state index in [2.05, 4.69) is 89.0 Å². The van der Waals surface area contributed by atoms with Crippen LogP contribution in [0.25, 0.3) is 0 Å². The quantitative estimate of drug-likeness (QED) is 0.527. The summed E-state index contributed by atoms with van der Waals surface area (Å²) >= 11 is 7.46. The molecule has 0 N–H and O–H groups in total. The monoisotopic (exact) mass is 394 g/mol. The third kappa shape index (κ3) is 3.35. The second-order valence-corrected chi connectivity index (χ2v) is 6.88. The zero-order valence-corrected chi connectivity index (χ0v) is 15.4. The van der Waals surface area contributed by atoms with Crippen molar-refractivity contribution < 1.29 is 0 Å². The van der Waals surface area contributed by atoms with Crippen molar-refractivity contribution >= 4 is 31.9 Å². The molecular formula is C18H20Br2. The summed E-state index contributed by atoms with van der Waals surface area (Å²) in [5.41, 5.74) is 6.80. The van der Waals surface area contributed by atoms with Crippen LogP contribution in [-0.4, -0.2) is 0 Å². The summed E-state index contributed by atoms with van der Waals surface area (Å²) in [4.78, 5) is 0.260. The molecular weight excluding hydrogens is 376 g/mol. The van der Waals surface area contributed by atoms with Crippen molar-refractivity contribution in [2.45, 2.75) is 38.4 Å². The molecule has 0 saturated carbocycles. The highest BCUT2D eigenvalue weighted by Gasteiger charge is 2.15. The lowest BCUT2D eigenvalue weighted by Crippen LogP contribution is -2.00. The van der Waals surface area contributed by atoms with Crippen molar-refractivity contribution in [3.05, 3.63) is 68.7 Å². The van der Waals surface area contributed by atoms with Gasteiger partial charge in [-0.25, -0.2) is 0 Å². The maximum absolute atomic E-state index is 3.89. The van der Waals surface area contributed by atoms with Crippen molar-refractivity contribution in [1.82, 2.24) is 0 Å². The summed E-state index contributed by atoms with van der Waals surface area (Å²) < 4.78 is 1.17. The first kappa shape index (κ1) is 15.8. The minimum atomic E-state index is 0.260. The van der Waals surface area contributed by atoms with E-state index in [4.69, 9.17) is 0 Å². The van der Waals surface area contributed by atoms with E-state index in [9.17, 15) is 0 Å². The Morgan fingerprint density at radius 1 is 1.00 bits per heavy atom. The van der Waals surface area contributed by atoms with Gasteiger partial charge in [-0.1, -0.05) is 76.0 Å². The number of alkyl halides is 1. The second-order valence-electron chi connectivity index (χ2n) is 5.11. The number of aryl methyl sites for hydroxylation is 3. The van der Waals surface area contributed by atoms with Gasteiger partial charge in [-0.15, -0.1) is 0 Å². The highest BCUT2D eigenvalue weighted by atomic mass is 79.9. The lowest BCUT2D eigenvalue weighted by molar-refractivity contribution is 1.03. The summed E-state index contributed by atoms with van der Waals surface area (Å²) in [7, 11) is 0. The molecule has 0 aliphatic carbocycles. The Morgan fingerprint density at radius 2 is 1.75 bits per heavy atom. The Morgan fingerprint density at radius 3 is 2.35 bits per heavy atom. The SMILES string of the molecule is CCc1ccc(CC)c(C(Br)c2ccc(Br)c(C)c2)c1. The molecule has 0 radical (unpaired) electrons. The highest BCUT2D eigenvalue weighted by molar-refractivity contribution is 9.10. The molecule has 0 fully saturated rings. The summed E-state index contributed by atoms with van der Waals surface area (Å²) in [5, 5.41) is 0. The van der Waals surface area contributed by atoms with Gasteiger partial charge in [0.15, 0.2) is 0 Å². The van der Waals surface area contributed by atoms with Crippen LogP contribution in [-0.2, 0) is 12.8 Å². The lowest BCUT2D eigenvalue weighted by atomic mass is 9.95. The molecule has 0 aromatic heterocycles. The summed E-state index contributed by atoms with van der Waals surface area (Å²) in [6.45, 7) is 6.56. The highest BCUT2D eigenvalue weighted by Crippen LogP contribution is 2.35. The average Bonchev–Trinajstić information content (AvgIpc) is 2.48. The molecule has 2 heteroatoms. The standard InChI is InChI=1S/C18H20Br2/c1-4-13-6-7-14(5-2)16(11-13)18(20)15-8-9-17(19)12(3)10-15/h6-11,18H,4-5H2,1-3H3. The molecule has 1 unspecified atom stereocenters. The van der Waals surface area contributed by atoms with Crippen LogP contribution in [0.4, 0.5) is 0 Å². The number of hydrogen-bond donors (Lipinski definition) is 0. The van der Waals surface area contributed by atoms with Gasteiger partial charge < -0.3 is 0 Å². The number of hydrogen-bond acceptors (Lipinski definition) is 0. The van der Waals surface area contributed by atoms with Gasteiger partial charge in [-0.05, 0) is 53.6 Å². The maximum Gasteiger partial charge on any atom is 0.0647 e. The second kappa shape index (κ2) is 6.91. The normalized spacial score (nSPS) is 12.4. The largest absolute Gasteiger partial charge is 0.0786 e. The Kier molecular flexibility index (Phi) is 5.45. The molecule has 0 heterocycles. The predicted molar refractivity (Wildman–Crippen MR) is 94.8 cm³/mol. The van der Waals surface area contributed by atoms with Gasteiger partial charge in [0.2, 0.25) is 0 Å². The van der Waals surface area contributed by atoms with Crippen molar-refractivity contribution in [2.75, 3.05) is 0 Å². The van der Waals surface area contributed by atoms with E-state index in [0.29, 0.717) is 0 Å². The summed E-state index contributed by atoms with van der Waals surface area (Å²) in [6.07, 6.45) is 2.15. The molecule has 1 atom stereocenters. The van der Waals surface area contributed by atoms with E-state index < -0.39 is 0 Å². The van der Waals surface area contributed by atoms with Crippen LogP contribution in [0.5, 0.6) is 0 Å². The first-order valence-electron chi connectivity index (χ1n) is 7.08. The minimum absolute atomic E-state index is 0.260. The van der Waals surface area contributed by atoms with Gasteiger partial charge in [0, 0.05) is 4.47 Å². The Hall–Kier alpha value is -0.600. The molecule has 2 aromatic rings. The first-order valence-corrected chi connectivity index (χ1v) is 8.79. The Bertz CT molecular complexity index is 602. The van der Waals surface area contributed by atoms with Crippen LogP contribution in [0.15, 0.2) is 40.9 Å². The van der Waals surface area contributed by atoms with Gasteiger partial charge in [0.05, 0.1) is 4.83 Å². The molecule has 106 valence electrons. The van der Waals surface area contributed by atoms with Crippen molar-refractivity contribution in [3.63, 3.8) is 0 Å². The molecule has 20 heavy (non-hydrogen) atoms. The third-order valence-electron chi connectivity index (χ3n) is 3.75. The minimum Gasteiger partial charge on any atom is -0.0786 e. The molecule has 2 aromatic carbocycles. The maximum atomic E-state index is 3.89. The van der Waals surface area contributed by atoms with Crippen LogP contribution < -0.4 is 0 Å². The van der Waals surface area contributed by atoms with Crippen LogP contribution in [0.2, 0.25) is 0 Å². The zero-order valence-electron chi connectivity index (χ0n) is 12.2. The van der Waals surface area contributed by atoms with Gasteiger partial charge in [0.1, 0.15) is 0 Å². The van der Waals surface area contributed by atoms with E-state index in [-0.39, 0.29) is 4.83 Å². The fourth-order valence-electron chi connectivity index (χ4n) is 2.43. The summed E-state index contributed by atoms with van der Waals surface area (Å²) in [5.74, 6) is 0. The zero-order chi connectivity index (χ0) is 14.7. The van der Waals surface area contributed by atoms with Crippen molar-refractivity contribution in [2.24, 2.45) is 0 Å². The van der Waals surface area contributed by atoms with Crippen molar-refractivity contribution in [3.8, 4) is 0 Å². The molecule has 0 amide bonds. The van der Waals surface area contributed by atoms with Crippen LogP contribution in [0.1, 0.15) is 46.5 Å². The molecule has 0 spiro atoms. The van der Waals surface area contributed by atoms with Gasteiger partial charge in [-0.3, -0.25) is 0 Å². The molecule has 0 aliphatic rings. The van der Waals surface area contributed by atoms with E-state index >= 15 is 0 Å². The van der Waals surface area contributed by atoms with Crippen LogP contribution in [0, 0.1) is 6.92 Å². The smallest absolute Gasteiger partial charge is 0.0647 e. The number of rotatable bonds is 4. The van der Waals surface area contributed by atoms with Crippen LogP contribution in [0.3, 0.4) is 0 Å². The van der Waals surface area contributed by atoms with E-state index in [1.54, 1.807) is 0 Å². The molecule has 0 saturated heterocycles. The van der Waals surface area contributed by atoms with E-state index in [0.717, 1.165) is 12.8 Å². The first-order chi connectivity index (χ1) is 9.56. The lowest BCUT2D eigenvalue weighted by Gasteiger charge is -2.17. The van der Waals surface area contributed by atoms with Gasteiger partial charge in [-0.2, -0.15) is 0 Å². The van der Waals surface area contributed by atoms with E-state index in [1.807, 2.05) is 0 Å². The Labute approximate surface area is 138 Å². The van der Waals surface area contributed by atoms with Gasteiger partial charge in [0.25, 0.3) is 0 Å². The number of benzene rings is 2. The third-order valence-corrected chi connectivity index (χ3v) is 5.66. The van der Waals surface area contributed by atoms with Gasteiger partial charge >= 0.3 is 0 Å². The average molecular weight is 396 g/mol. The molecule has 2 rings (SSSR count). The predicted octanol–water partition coefficient (Wildman–Crippen LogP) is 6.37.